The summed E-state index contributed by atoms with van der Waals surface area (Å²) in [6, 6.07) is 1.04. The van der Waals surface area contributed by atoms with Gasteiger partial charge in [0.1, 0.15) is 0 Å². The lowest BCUT2D eigenvalue weighted by Gasteiger charge is -2.57. The van der Waals surface area contributed by atoms with Crippen molar-refractivity contribution in [2.24, 2.45) is 11.8 Å². The summed E-state index contributed by atoms with van der Waals surface area (Å²) in [5.74, 6) is 1.68. The van der Waals surface area contributed by atoms with Gasteiger partial charge in [0.05, 0.1) is 6.10 Å². The van der Waals surface area contributed by atoms with Gasteiger partial charge in [0.2, 0.25) is 5.91 Å². The van der Waals surface area contributed by atoms with Crippen LogP contribution in [0.25, 0.3) is 0 Å². The lowest BCUT2D eigenvalue weighted by Crippen LogP contribution is -2.65. The van der Waals surface area contributed by atoms with Gasteiger partial charge in [-0.05, 0) is 43.9 Å². The molecule has 20 heavy (non-hydrogen) atoms. The summed E-state index contributed by atoms with van der Waals surface area (Å²) < 4.78 is 0. The first-order chi connectivity index (χ1) is 9.22. The van der Waals surface area contributed by atoms with E-state index >= 15 is 0 Å². The van der Waals surface area contributed by atoms with Gasteiger partial charge >= 0.3 is 0 Å². The number of carbonyl (C=O) groups excluding carboxylic acids is 1. The zero-order valence-corrected chi connectivity index (χ0v) is 12.7. The molecule has 0 radical (unpaired) electrons. The molecule has 4 heterocycles. The molecule has 2 bridgehead atoms. The zero-order valence-electron chi connectivity index (χ0n) is 11.9. The third kappa shape index (κ3) is 2.26. The van der Waals surface area contributed by atoms with Crippen LogP contribution < -0.4 is 0 Å². The highest BCUT2D eigenvalue weighted by Crippen LogP contribution is 2.42. The standard InChI is InChI=1S/C15H24N2O2.ClH/c18-12-4-5-16-8-10-6-11(14(16)7-12)9-17-13(10)2-1-3-15(17)19;/h10-14,18H,1-9H2;1H/t10-,11-,12+,13+,14+;/m1./s1. The van der Waals surface area contributed by atoms with Crippen molar-refractivity contribution in [3.05, 3.63) is 0 Å². The molecule has 0 unspecified atom stereocenters. The number of aliphatic hydroxyl groups is 1. The fourth-order valence-corrected chi connectivity index (χ4v) is 5.07. The van der Waals surface area contributed by atoms with Crippen molar-refractivity contribution in [2.45, 2.75) is 56.7 Å². The highest BCUT2D eigenvalue weighted by Gasteiger charge is 2.48. The van der Waals surface area contributed by atoms with E-state index in [0.717, 1.165) is 45.3 Å². The third-order valence-electron chi connectivity index (χ3n) is 5.94. The summed E-state index contributed by atoms with van der Waals surface area (Å²) in [6.45, 7) is 3.16. The van der Waals surface area contributed by atoms with Crippen LogP contribution in [0.1, 0.15) is 38.5 Å². The van der Waals surface area contributed by atoms with E-state index in [1.807, 2.05) is 0 Å². The topological polar surface area (TPSA) is 43.8 Å². The Hall–Kier alpha value is -0.320. The molecule has 1 amide bonds. The number of piperidine rings is 4. The number of rotatable bonds is 0. The van der Waals surface area contributed by atoms with Crippen molar-refractivity contribution in [1.82, 2.24) is 9.80 Å². The van der Waals surface area contributed by atoms with Crippen LogP contribution in [-0.4, -0.2) is 58.6 Å². The molecule has 0 aromatic rings. The normalized spacial score (nSPS) is 44.4. The maximum atomic E-state index is 12.1. The second-order valence-corrected chi connectivity index (χ2v) is 7.00. The molecule has 0 saturated carbocycles. The second-order valence-electron chi connectivity index (χ2n) is 7.00. The van der Waals surface area contributed by atoms with Crippen molar-refractivity contribution in [1.29, 1.82) is 0 Å². The number of fused-ring (bicyclic) bond motifs is 6. The van der Waals surface area contributed by atoms with Crippen molar-refractivity contribution in [3.8, 4) is 0 Å². The minimum Gasteiger partial charge on any atom is -0.393 e. The van der Waals surface area contributed by atoms with Crippen LogP contribution >= 0.6 is 12.4 Å². The predicted octanol–water partition coefficient (Wildman–Crippen LogP) is 1.26. The first-order valence-corrected chi connectivity index (χ1v) is 7.94. The monoisotopic (exact) mass is 300 g/mol. The van der Waals surface area contributed by atoms with Crippen molar-refractivity contribution in [2.75, 3.05) is 19.6 Å². The molecule has 0 spiro atoms. The van der Waals surface area contributed by atoms with Gasteiger partial charge in [-0.25, -0.2) is 0 Å². The number of amides is 1. The smallest absolute Gasteiger partial charge is 0.222 e. The molecule has 4 nitrogen and oxygen atoms in total. The minimum atomic E-state index is -0.118. The Balaban J connectivity index is 0.00000121. The molecule has 0 aromatic carbocycles. The van der Waals surface area contributed by atoms with Crippen LogP contribution in [0.15, 0.2) is 0 Å². The average Bonchev–Trinajstić information content (AvgIpc) is 2.41. The van der Waals surface area contributed by atoms with E-state index < -0.39 is 0 Å². The molecule has 4 saturated heterocycles. The highest BCUT2D eigenvalue weighted by molar-refractivity contribution is 5.85. The van der Waals surface area contributed by atoms with E-state index in [0.29, 0.717) is 29.8 Å². The first-order valence-electron chi connectivity index (χ1n) is 7.94. The summed E-state index contributed by atoms with van der Waals surface area (Å²) >= 11 is 0. The van der Waals surface area contributed by atoms with E-state index in [1.165, 1.54) is 12.8 Å². The SMILES string of the molecule is Cl.O=C1CCC[C@H]2[C@@H]3C[C@H](CN12)[C@@H]1C[C@@H](O)CCN1C3. The number of aliphatic hydroxyl groups excluding tert-OH is 1. The summed E-state index contributed by atoms with van der Waals surface area (Å²) in [5, 5.41) is 9.92. The number of hydrogen-bond acceptors (Lipinski definition) is 3. The van der Waals surface area contributed by atoms with Crippen LogP contribution in [0.5, 0.6) is 0 Å². The van der Waals surface area contributed by atoms with E-state index in [1.54, 1.807) is 0 Å². The summed E-state index contributed by atoms with van der Waals surface area (Å²) in [5.41, 5.74) is 0. The molecule has 0 aliphatic carbocycles. The maximum absolute atomic E-state index is 12.1. The van der Waals surface area contributed by atoms with Gasteiger partial charge < -0.3 is 10.0 Å². The summed E-state index contributed by atoms with van der Waals surface area (Å²) in [7, 11) is 0. The predicted molar refractivity (Wildman–Crippen MR) is 78.8 cm³/mol. The zero-order chi connectivity index (χ0) is 13.0. The molecule has 4 aliphatic rings. The lowest BCUT2D eigenvalue weighted by atomic mass is 9.70. The van der Waals surface area contributed by atoms with Crippen LogP contribution in [0, 0.1) is 11.8 Å². The van der Waals surface area contributed by atoms with Gasteiger partial charge in [-0.3, -0.25) is 9.69 Å². The third-order valence-corrected chi connectivity index (χ3v) is 5.94. The van der Waals surface area contributed by atoms with E-state index in [4.69, 9.17) is 0 Å². The Labute approximate surface area is 126 Å². The highest BCUT2D eigenvalue weighted by atomic mass is 35.5. The molecular formula is C15H25ClN2O2. The van der Waals surface area contributed by atoms with E-state index in [-0.39, 0.29) is 18.5 Å². The molecule has 114 valence electrons. The second kappa shape index (κ2) is 5.47. The Morgan fingerprint density at radius 2 is 1.85 bits per heavy atom. The van der Waals surface area contributed by atoms with Gasteiger partial charge in [-0.2, -0.15) is 0 Å². The molecule has 1 N–H and O–H groups in total. The molecule has 4 rings (SSSR count). The number of carbonyl (C=O) groups is 1. The van der Waals surface area contributed by atoms with Crippen molar-refractivity contribution in [3.63, 3.8) is 0 Å². The quantitative estimate of drug-likeness (QED) is 0.732. The number of halogens is 1. The molecular weight excluding hydrogens is 276 g/mol. The van der Waals surface area contributed by atoms with Gasteiger partial charge in [0.15, 0.2) is 0 Å². The van der Waals surface area contributed by atoms with Gasteiger partial charge in [-0.1, -0.05) is 0 Å². The average molecular weight is 301 g/mol. The summed E-state index contributed by atoms with van der Waals surface area (Å²) in [4.78, 5) is 17.0. The Kier molecular flexibility index (Phi) is 3.99. The Morgan fingerprint density at radius 3 is 2.70 bits per heavy atom. The van der Waals surface area contributed by atoms with Crippen LogP contribution in [0.2, 0.25) is 0 Å². The molecule has 5 heteroatoms. The Bertz CT molecular complexity index is 392. The number of hydrogen-bond donors (Lipinski definition) is 1. The largest absolute Gasteiger partial charge is 0.393 e. The van der Waals surface area contributed by atoms with Crippen LogP contribution in [0.3, 0.4) is 0 Å². The van der Waals surface area contributed by atoms with Crippen LogP contribution in [0.4, 0.5) is 0 Å². The van der Waals surface area contributed by atoms with Crippen LogP contribution in [-0.2, 0) is 4.79 Å². The Morgan fingerprint density at radius 1 is 1.05 bits per heavy atom. The molecule has 4 aliphatic heterocycles. The first kappa shape index (κ1) is 14.6. The number of nitrogens with zero attached hydrogens (tertiary/aromatic N) is 2. The van der Waals surface area contributed by atoms with Gasteiger partial charge in [0, 0.05) is 38.1 Å². The van der Waals surface area contributed by atoms with Gasteiger partial charge in [0.25, 0.3) is 0 Å². The molecule has 5 atom stereocenters. The van der Waals surface area contributed by atoms with Gasteiger partial charge in [-0.15, -0.1) is 12.4 Å². The van der Waals surface area contributed by atoms with Crippen molar-refractivity contribution < 1.29 is 9.90 Å². The molecule has 4 fully saturated rings. The maximum Gasteiger partial charge on any atom is 0.222 e. The van der Waals surface area contributed by atoms with Crippen molar-refractivity contribution >= 4 is 18.3 Å². The lowest BCUT2D eigenvalue weighted by molar-refractivity contribution is -0.150. The fraction of sp³-hybridized carbons (Fsp3) is 0.933. The van der Waals surface area contributed by atoms with E-state index in [9.17, 15) is 9.90 Å². The fourth-order valence-electron chi connectivity index (χ4n) is 5.07. The molecule has 0 aromatic heterocycles. The van der Waals surface area contributed by atoms with E-state index in [2.05, 4.69) is 9.80 Å². The summed E-state index contributed by atoms with van der Waals surface area (Å²) in [6.07, 6.45) is 6.07. The minimum absolute atomic E-state index is 0.